The number of Topliss-reactive ketones (excluding diaryl/α,β-unsaturated/α-hetero) is 1. The lowest BCUT2D eigenvalue weighted by Crippen LogP contribution is -1.92. The Morgan fingerprint density at radius 1 is 1.12 bits per heavy atom. The third-order valence-electron chi connectivity index (χ3n) is 2.22. The maximum Gasteiger partial charge on any atom is 0.186 e. The molecule has 1 aromatic rings. The van der Waals surface area contributed by atoms with Gasteiger partial charge in [-0.15, -0.1) is 5.11 Å². The monoisotopic (exact) mass is 220 g/mol. The molecule has 0 heterocycles. The topological polar surface area (TPSA) is 62.0 Å². The molecule has 5 heteroatoms. The van der Waals surface area contributed by atoms with Crippen molar-refractivity contribution < 1.29 is 14.3 Å². The van der Waals surface area contributed by atoms with Gasteiger partial charge in [-0.2, -0.15) is 5.11 Å². The summed E-state index contributed by atoms with van der Waals surface area (Å²) in [4.78, 5) is 11.2. The molecule has 0 aromatic heterocycles. The number of carbonyl (C=O) groups excluding carboxylic acids is 1. The number of nitrogens with zero attached hydrogens (tertiary/aromatic N) is 2. The molecule has 0 aliphatic heterocycles. The molecular formula is C11H9FN2O2. The van der Waals surface area contributed by atoms with E-state index in [-0.39, 0.29) is 29.5 Å². The number of aliphatic hydroxyl groups excluding tert-OH is 1. The van der Waals surface area contributed by atoms with Crippen LogP contribution in [0.1, 0.15) is 12.8 Å². The molecule has 2 rings (SSSR count). The van der Waals surface area contributed by atoms with Gasteiger partial charge >= 0.3 is 0 Å². The Balaban J connectivity index is 2.18. The summed E-state index contributed by atoms with van der Waals surface area (Å²) in [5.41, 5.74) is 0.436. The summed E-state index contributed by atoms with van der Waals surface area (Å²) in [6, 6.07) is 5.38. The van der Waals surface area contributed by atoms with Crippen molar-refractivity contribution in [1.82, 2.24) is 0 Å². The van der Waals surface area contributed by atoms with Crippen LogP contribution in [0.5, 0.6) is 0 Å². The van der Waals surface area contributed by atoms with Gasteiger partial charge in [-0.1, -0.05) is 0 Å². The highest BCUT2D eigenvalue weighted by molar-refractivity contribution is 5.97. The van der Waals surface area contributed by atoms with Crippen molar-refractivity contribution in [1.29, 1.82) is 0 Å². The smallest absolute Gasteiger partial charge is 0.186 e. The maximum absolute atomic E-state index is 12.6. The molecule has 4 nitrogen and oxygen atoms in total. The van der Waals surface area contributed by atoms with E-state index < -0.39 is 0 Å². The van der Waals surface area contributed by atoms with Gasteiger partial charge in [0.25, 0.3) is 0 Å². The van der Waals surface area contributed by atoms with E-state index in [9.17, 15) is 14.3 Å². The quantitative estimate of drug-likeness (QED) is 0.778. The van der Waals surface area contributed by atoms with Gasteiger partial charge in [0.2, 0.25) is 0 Å². The average molecular weight is 220 g/mol. The molecule has 1 aliphatic carbocycles. The molecule has 16 heavy (non-hydrogen) atoms. The third kappa shape index (κ3) is 2.13. The van der Waals surface area contributed by atoms with E-state index in [1.807, 2.05) is 0 Å². The number of aliphatic hydroxyl groups is 1. The van der Waals surface area contributed by atoms with Gasteiger partial charge < -0.3 is 5.11 Å². The fourth-order valence-corrected chi connectivity index (χ4v) is 1.36. The highest BCUT2D eigenvalue weighted by Gasteiger charge is 2.22. The van der Waals surface area contributed by atoms with Crippen molar-refractivity contribution in [3.63, 3.8) is 0 Å². The van der Waals surface area contributed by atoms with Gasteiger partial charge in [-0.3, -0.25) is 4.79 Å². The molecule has 0 unspecified atom stereocenters. The van der Waals surface area contributed by atoms with Crippen molar-refractivity contribution in [2.75, 3.05) is 0 Å². The van der Waals surface area contributed by atoms with E-state index in [2.05, 4.69) is 10.2 Å². The molecule has 1 aliphatic rings. The van der Waals surface area contributed by atoms with Crippen LogP contribution in [0.4, 0.5) is 10.1 Å². The Labute approximate surface area is 91.1 Å². The van der Waals surface area contributed by atoms with Crippen LogP contribution in [0.2, 0.25) is 0 Å². The number of hydrogen-bond acceptors (Lipinski definition) is 4. The molecule has 1 N–H and O–H groups in total. The number of allylic oxidation sites excluding steroid dienone is 2. The maximum atomic E-state index is 12.6. The summed E-state index contributed by atoms with van der Waals surface area (Å²) in [6.45, 7) is 0. The van der Waals surface area contributed by atoms with Crippen LogP contribution in [-0.2, 0) is 4.79 Å². The average Bonchev–Trinajstić information content (AvgIpc) is 2.59. The van der Waals surface area contributed by atoms with Crippen molar-refractivity contribution in [2.45, 2.75) is 12.8 Å². The predicted molar refractivity (Wildman–Crippen MR) is 54.8 cm³/mol. The summed E-state index contributed by atoms with van der Waals surface area (Å²) in [5, 5.41) is 16.7. The van der Waals surface area contributed by atoms with Crippen molar-refractivity contribution in [3.05, 3.63) is 41.5 Å². The largest absolute Gasteiger partial charge is 0.510 e. The molecular weight excluding hydrogens is 211 g/mol. The van der Waals surface area contributed by atoms with Crippen molar-refractivity contribution in [3.8, 4) is 0 Å². The lowest BCUT2D eigenvalue weighted by atomic mass is 10.3. The Morgan fingerprint density at radius 2 is 1.81 bits per heavy atom. The molecule has 1 aromatic carbocycles. The van der Waals surface area contributed by atoms with Crippen LogP contribution < -0.4 is 0 Å². The van der Waals surface area contributed by atoms with Crippen LogP contribution in [-0.4, -0.2) is 10.9 Å². The molecule has 0 spiro atoms. The number of rotatable bonds is 2. The molecule has 0 saturated heterocycles. The van der Waals surface area contributed by atoms with E-state index in [0.29, 0.717) is 12.1 Å². The van der Waals surface area contributed by atoms with E-state index in [1.165, 1.54) is 24.3 Å². The minimum Gasteiger partial charge on any atom is -0.510 e. The highest BCUT2D eigenvalue weighted by Crippen LogP contribution is 2.23. The zero-order valence-electron chi connectivity index (χ0n) is 8.35. The van der Waals surface area contributed by atoms with Crippen LogP contribution in [0.25, 0.3) is 0 Å². The summed E-state index contributed by atoms with van der Waals surface area (Å²) in [7, 11) is 0. The zero-order chi connectivity index (χ0) is 11.5. The van der Waals surface area contributed by atoms with Crippen molar-refractivity contribution >= 4 is 11.5 Å². The van der Waals surface area contributed by atoms with Gasteiger partial charge in [0.15, 0.2) is 11.5 Å². The Morgan fingerprint density at radius 3 is 2.38 bits per heavy atom. The third-order valence-corrected chi connectivity index (χ3v) is 2.22. The van der Waals surface area contributed by atoms with Gasteiger partial charge in [0.05, 0.1) is 5.69 Å². The summed E-state index contributed by atoms with van der Waals surface area (Å²) in [6.07, 6.45) is 0.584. The summed E-state index contributed by atoms with van der Waals surface area (Å²) < 4.78 is 12.6. The Bertz CT molecular complexity index is 477. The Hall–Kier alpha value is -2.04. The molecule has 0 bridgehead atoms. The van der Waals surface area contributed by atoms with Crippen LogP contribution in [0.3, 0.4) is 0 Å². The minimum atomic E-state index is -0.363. The van der Waals surface area contributed by atoms with Gasteiger partial charge in [0.1, 0.15) is 11.6 Å². The number of hydrogen-bond donors (Lipinski definition) is 1. The first-order valence-corrected chi connectivity index (χ1v) is 4.79. The number of azo groups is 1. The lowest BCUT2D eigenvalue weighted by molar-refractivity contribution is -0.114. The van der Waals surface area contributed by atoms with Crippen LogP contribution in [0.15, 0.2) is 46.0 Å². The minimum absolute atomic E-state index is 0.00400. The van der Waals surface area contributed by atoms with E-state index in [0.717, 1.165) is 0 Å². The fraction of sp³-hybridized carbons (Fsp3) is 0.182. The zero-order valence-corrected chi connectivity index (χ0v) is 8.35. The number of halogens is 1. The van der Waals surface area contributed by atoms with Gasteiger partial charge in [-0.25, -0.2) is 4.39 Å². The number of ketones is 1. The first-order chi connectivity index (χ1) is 7.66. The van der Waals surface area contributed by atoms with E-state index in [4.69, 9.17) is 0 Å². The molecule has 0 saturated carbocycles. The van der Waals surface area contributed by atoms with E-state index in [1.54, 1.807) is 0 Å². The summed E-state index contributed by atoms with van der Waals surface area (Å²) in [5.74, 6) is -0.614. The number of benzene rings is 1. The van der Waals surface area contributed by atoms with Gasteiger partial charge in [-0.05, 0) is 24.3 Å². The second-order valence-corrected chi connectivity index (χ2v) is 3.39. The lowest BCUT2D eigenvalue weighted by Gasteiger charge is -1.93. The first-order valence-electron chi connectivity index (χ1n) is 4.79. The SMILES string of the molecule is O=C1CCC(O)=C1N=Nc1ccc(F)cc1. The molecule has 0 atom stereocenters. The van der Waals surface area contributed by atoms with Gasteiger partial charge in [0, 0.05) is 12.8 Å². The number of carbonyl (C=O) groups is 1. The summed E-state index contributed by atoms with van der Waals surface area (Å²) >= 11 is 0. The van der Waals surface area contributed by atoms with Crippen molar-refractivity contribution in [2.24, 2.45) is 10.2 Å². The molecule has 0 radical (unpaired) electrons. The highest BCUT2D eigenvalue weighted by atomic mass is 19.1. The second-order valence-electron chi connectivity index (χ2n) is 3.39. The molecule has 82 valence electrons. The predicted octanol–water partition coefficient (Wildman–Crippen LogP) is 3.04. The van der Waals surface area contributed by atoms with Crippen LogP contribution >= 0.6 is 0 Å². The standard InChI is InChI=1S/C11H9FN2O2/c12-7-1-3-8(4-2-7)13-14-11-9(15)5-6-10(11)16/h1-4,15H,5-6H2. The normalized spacial score (nSPS) is 16.4. The fourth-order valence-electron chi connectivity index (χ4n) is 1.36. The molecule has 0 amide bonds. The first kappa shape index (κ1) is 10.5. The van der Waals surface area contributed by atoms with Crippen LogP contribution in [0, 0.1) is 5.82 Å². The Kier molecular flexibility index (Phi) is 2.76. The molecule has 0 fully saturated rings. The van der Waals surface area contributed by atoms with E-state index >= 15 is 0 Å². The second kappa shape index (κ2) is 4.22.